The van der Waals surface area contributed by atoms with E-state index in [2.05, 4.69) is 4.98 Å². The van der Waals surface area contributed by atoms with Gasteiger partial charge in [-0.1, -0.05) is 12.8 Å². The molecule has 1 aromatic heterocycles. The van der Waals surface area contributed by atoms with Crippen LogP contribution in [0, 0.1) is 5.92 Å². The van der Waals surface area contributed by atoms with Crippen LogP contribution >= 0.6 is 0 Å². The Balaban J connectivity index is 1.94. The summed E-state index contributed by atoms with van der Waals surface area (Å²) in [4.78, 5) is 15.5. The molecule has 1 aromatic rings. The molecule has 2 rings (SSSR count). The van der Waals surface area contributed by atoms with Crippen molar-refractivity contribution in [1.82, 2.24) is 4.98 Å². The summed E-state index contributed by atoms with van der Waals surface area (Å²) in [5.74, 6) is 0.551. The molecule has 1 aliphatic rings. The highest BCUT2D eigenvalue weighted by Crippen LogP contribution is 2.26. The number of ether oxygens (including phenoxy) is 1. The van der Waals surface area contributed by atoms with Crippen molar-refractivity contribution in [2.75, 3.05) is 0 Å². The topological polar surface area (TPSA) is 39.2 Å². The minimum absolute atomic E-state index is 0.101. The summed E-state index contributed by atoms with van der Waals surface area (Å²) in [7, 11) is 0. The number of pyridine rings is 1. The number of carbonyl (C=O) groups excluding carboxylic acids is 1. The van der Waals surface area contributed by atoms with E-state index in [0.717, 1.165) is 25.7 Å². The first-order valence-electron chi connectivity index (χ1n) is 4.98. The van der Waals surface area contributed by atoms with Gasteiger partial charge in [0.05, 0.1) is 12.1 Å². The SMILES string of the molecule is O=C(Oc1cccnc1)C1CCCC1. The maximum atomic E-state index is 11.6. The van der Waals surface area contributed by atoms with E-state index in [0.29, 0.717) is 5.75 Å². The van der Waals surface area contributed by atoms with E-state index in [-0.39, 0.29) is 11.9 Å². The number of esters is 1. The van der Waals surface area contributed by atoms with Crippen LogP contribution in [0.25, 0.3) is 0 Å². The Hall–Kier alpha value is -1.38. The first kappa shape index (κ1) is 9.19. The van der Waals surface area contributed by atoms with Crippen molar-refractivity contribution in [3.05, 3.63) is 24.5 Å². The number of carbonyl (C=O) groups is 1. The molecule has 1 heterocycles. The number of hydrogen-bond acceptors (Lipinski definition) is 3. The molecule has 0 saturated heterocycles. The van der Waals surface area contributed by atoms with Crippen LogP contribution in [-0.4, -0.2) is 11.0 Å². The lowest BCUT2D eigenvalue weighted by molar-refractivity contribution is -0.138. The Labute approximate surface area is 83.1 Å². The molecule has 0 N–H and O–H groups in total. The Morgan fingerprint density at radius 2 is 2.21 bits per heavy atom. The molecule has 0 bridgehead atoms. The van der Waals surface area contributed by atoms with Crippen molar-refractivity contribution < 1.29 is 9.53 Å². The molecule has 1 fully saturated rings. The zero-order valence-corrected chi connectivity index (χ0v) is 7.98. The lowest BCUT2D eigenvalue weighted by Gasteiger charge is -2.08. The molecule has 3 heteroatoms. The van der Waals surface area contributed by atoms with E-state index < -0.39 is 0 Å². The maximum Gasteiger partial charge on any atom is 0.314 e. The van der Waals surface area contributed by atoms with E-state index in [1.807, 2.05) is 0 Å². The fourth-order valence-corrected chi connectivity index (χ4v) is 1.77. The summed E-state index contributed by atoms with van der Waals surface area (Å²) < 4.78 is 5.20. The standard InChI is InChI=1S/C11H13NO2/c13-11(9-4-1-2-5-9)14-10-6-3-7-12-8-10/h3,6-9H,1-2,4-5H2. The van der Waals surface area contributed by atoms with Crippen molar-refractivity contribution in [2.24, 2.45) is 5.92 Å². The minimum atomic E-state index is -0.101. The van der Waals surface area contributed by atoms with Gasteiger partial charge in [0.25, 0.3) is 0 Å². The Bertz CT molecular complexity index is 304. The van der Waals surface area contributed by atoms with E-state index in [1.54, 1.807) is 24.5 Å². The molecule has 0 radical (unpaired) electrons. The second-order valence-corrected chi connectivity index (χ2v) is 3.59. The van der Waals surface area contributed by atoms with Crippen LogP contribution in [0.1, 0.15) is 25.7 Å². The van der Waals surface area contributed by atoms with Crippen molar-refractivity contribution >= 4 is 5.97 Å². The quantitative estimate of drug-likeness (QED) is 0.672. The van der Waals surface area contributed by atoms with Crippen molar-refractivity contribution in [3.63, 3.8) is 0 Å². The van der Waals surface area contributed by atoms with Crippen LogP contribution in [-0.2, 0) is 4.79 Å². The predicted octanol–water partition coefficient (Wildman–Crippen LogP) is 2.18. The average molecular weight is 191 g/mol. The molecule has 74 valence electrons. The van der Waals surface area contributed by atoms with E-state index in [1.165, 1.54) is 0 Å². The third kappa shape index (κ3) is 2.10. The summed E-state index contributed by atoms with van der Waals surface area (Å²) in [5.41, 5.74) is 0. The van der Waals surface area contributed by atoms with Gasteiger partial charge in [0.1, 0.15) is 5.75 Å². The lowest BCUT2D eigenvalue weighted by Crippen LogP contribution is -2.17. The first-order valence-corrected chi connectivity index (χ1v) is 4.98. The van der Waals surface area contributed by atoms with Gasteiger partial charge in [-0.2, -0.15) is 0 Å². The van der Waals surface area contributed by atoms with Crippen molar-refractivity contribution in [2.45, 2.75) is 25.7 Å². The minimum Gasteiger partial charge on any atom is -0.425 e. The first-order chi connectivity index (χ1) is 6.86. The fourth-order valence-electron chi connectivity index (χ4n) is 1.77. The molecule has 0 spiro atoms. The predicted molar refractivity (Wildman–Crippen MR) is 51.8 cm³/mol. The van der Waals surface area contributed by atoms with Gasteiger partial charge in [0.2, 0.25) is 0 Å². The molecule has 0 unspecified atom stereocenters. The molecular formula is C11H13NO2. The van der Waals surface area contributed by atoms with Crippen LogP contribution in [0.4, 0.5) is 0 Å². The summed E-state index contributed by atoms with van der Waals surface area (Å²) in [6, 6.07) is 3.51. The van der Waals surface area contributed by atoms with Crippen LogP contribution < -0.4 is 4.74 Å². The van der Waals surface area contributed by atoms with Gasteiger partial charge >= 0.3 is 5.97 Å². The highest BCUT2D eigenvalue weighted by molar-refractivity contribution is 5.75. The normalized spacial score (nSPS) is 16.9. The monoisotopic (exact) mass is 191 g/mol. The molecule has 3 nitrogen and oxygen atoms in total. The molecule has 0 atom stereocenters. The van der Waals surface area contributed by atoms with Gasteiger partial charge in [0.15, 0.2) is 0 Å². The largest absolute Gasteiger partial charge is 0.425 e. The number of hydrogen-bond donors (Lipinski definition) is 0. The van der Waals surface area contributed by atoms with Gasteiger partial charge < -0.3 is 4.74 Å². The van der Waals surface area contributed by atoms with Crippen LogP contribution in [0.15, 0.2) is 24.5 Å². The zero-order chi connectivity index (χ0) is 9.80. The lowest BCUT2D eigenvalue weighted by atomic mass is 10.1. The van der Waals surface area contributed by atoms with E-state index in [9.17, 15) is 4.79 Å². The van der Waals surface area contributed by atoms with E-state index >= 15 is 0 Å². The van der Waals surface area contributed by atoms with Crippen LogP contribution in [0.2, 0.25) is 0 Å². The Kier molecular flexibility index (Phi) is 2.77. The summed E-state index contributed by atoms with van der Waals surface area (Å²) in [6.07, 6.45) is 7.46. The van der Waals surface area contributed by atoms with Gasteiger partial charge in [-0.15, -0.1) is 0 Å². The zero-order valence-electron chi connectivity index (χ0n) is 7.98. The second kappa shape index (κ2) is 4.22. The molecule has 1 aliphatic carbocycles. The van der Waals surface area contributed by atoms with Gasteiger partial charge in [-0.3, -0.25) is 9.78 Å². The molecule has 0 aromatic carbocycles. The highest BCUT2D eigenvalue weighted by Gasteiger charge is 2.24. The van der Waals surface area contributed by atoms with Gasteiger partial charge in [-0.25, -0.2) is 0 Å². The molecule has 0 amide bonds. The summed E-state index contributed by atoms with van der Waals surface area (Å²) in [6.45, 7) is 0. The maximum absolute atomic E-state index is 11.6. The smallest absolute Gasteiger partial charge is 0.314 e. The average Bonchev–Trinajstić information content (AvgIpc) is 2.72. The molecular weight excluding hydrogens is 178 g/mol. The number of aromatic nitrogens is 1. The van der Waals surface area contributed by atoms with Gasteiger partial charge in [0, 0.05) is 6.20 Å². The number of nitrogens with zero attached hydrogens (tertiary/aromatic N) is 1. The summed E-state index contributed by atoms with van der Waals surface area (Å²) >= 11 is 0. The molecule has 14 heavy (non-hydrogen) atoms. The Morgan fingerprint density at radius 3 is 2.86 bits per heavy atom. The molecule has 1 saturated carbocycles. The van der Waals surface area contributed by atoms with Crippen LogP contribution in [0.3, 0.4) is 0 Å². The van der Waals surface area contributed by atoms with Crippen molar-refractivity contribution in [1.29, 1.82) is 0 Å². The van der Waals surface area contributed by atoms with E-state index in [4.69, 9.17) is 4.74 Å². The second-order valence-electron chi connectivity index (χ2n) is 3.59. The Morgan fingerprint density at radius 1 is 1.43 bits per heavy atom. The van der Waals surface area contributed by atoms with Crippen molar-refractivity contribution in [3.8, 4) is 5.75 Å². The summed E-state index contributed by atoms with van der Waals surface area (Å²) in [5, 5.41) is 0. The number of rotatable bonds is 2. The van der Waals surface area contributed by atoms with Gasteiger partial charge in [-0.05, 0) is 25.0 Å². The third-order valence-corrected chi connectivity index (χ3v) is 2.54. The molecule has 0 aliphatic heterocycles. The highest BCUT2D eigenvalue weighted by atomic mass is 16.5. The van der Waals surface area contributed by atoms with Crippen LogP contribution in [0.5, 0.6) is 5.75 Å². The third-order valence-electron chi connectivity index (χ3n) is 2.54. The fraction of sp³-hybridized carbons (Fsp3) is 0.455.